The van der Waals surface area contributed by atoms with Crippen molar-refractivity contribution >= 4 is 29.3 Å². The van der Waals surface area contributed by atoms with Crippen molar-refractivity contribution in [3.8, 4) is 11.4 Å². The maximum atomic E-state index is 13.9. The van der Waals surface area contributed by atoms with E-state index in [1.807, 2.05) is 72.3 Å². The van der Waals surface area contributed by atoms with E-state index >= 15 is 0 Å². The van der Waals surface area contributed by atoms with Gasteiger partial charge in [-0.2, -0.15) is 0 Å². The summed E-state index contributed by atoms with van der Waals surface area (Å²) in [5.74, 6) is -0.260. The Hall–Kier alpha value is -3.98. The molecule has 1 aliphatic rings. The summed E-state index contributed by atoms with van der Waals surface area (Å²) in [6.07, 6.45) is 3.98. The van der Waals surface area contributed by atoms with Gasteiger partial charge < -0.3 is 9.88 Å². The van der Waals surface area contributed by atoms with Gasteiger partial charge in [0.15, 0.2) is 11.0 Å². The lowest BCUT2D eigenvalue weighted by Gasteiger charge is -2.32. The van der Waals surface area contributed by atoms with Gasteiger partial charge in [0.25, 0.3) is 0 Å². The van der Waals surface area contributed by atoms with Gasteiger partial charge in [-0.1, -0.05) is 85.3 Å². The molecule has 1 aromatic heterocycles. The highest BCUT2D eigenvalue weighted by Crippen LogP contribution is 2.31. The van der Waals surface area contributed by atoms with Crippen molar-refractivity contribution in [3.63, 3.8) is 0 Å². The molecule has 7 nitrogen and oxygen atoms in total. The molecule has 200 valence electrons. The van der Waals surface area contributed by atoms with E-state index in [4.69, 9.17) is 0 Å². The SMILES string of the molecule is Cn1c(SCC(=O)N(c2ccc(F)cc2)C(C(=O)NC2CCCC2)c2ccccc2)nnc1-c1ccccc1. The minimum Gasteiger partial charge on any atom is -0.351 e. The predicted octanol–water partition coefficient (Wildman–Crippen LogP) is 5.55. The Labute approximate surface area is 231 Å². The summed E-state index contributed by atoms with van der Waals surface area (Å²) in [7, 11) is 1.86. The second kappa shape index (κ2) is 12.3. The van der Waals surface area contributed by atoms with Gasteiger partial charge >= 0.3 is 0 Å². The van der Waals surface area contributed by atoms with Crippen LogP contribution in [0, 0.1) is 5.82 Å². The van der Waals surface area contributed by atoms with Gasteiger partial charge in [-0.25, -0.2) is 4.39 Å². The number of anilines is 1. The molecule has 1 saturated carbocycles. The Morgan fingerprint density at radius 3 is 2.28 bits per heavy atom. The van der Waals surface area contributed by atoms with Crippen molar-refractivity contribution in [2.45, 2.75) is 42.9 Å². The highest BCUT2D eigenvalue weighted by molar-refractivity contribution is 7.99. The Morgan fingerprint density at radius 2 is 1.62 bits per heavy atom. The van der Waals surface area contributed by atoms with Crippen LogP contribution < -0.4 is 10.2 Å². The van der Waals surface area contributed by atoms with Crippen LogP contribution in [-0.4, -0.2) is 38.4 Å². The quantitative estimate of drug-likeness (QED) is 0.280. The Bertz CT molecular complexity index is 1410. The van der Waals surface area contributed by atoms with E-state index in [1.165, 1.54) is 40.9 Å². The summed E-state index contributed by atoms with van der Waals surface area (Å²) in [4.78, 5) is 29.2. The first-order valence-corrected chi connectivity index (χ1v) is 14.0. The van der Waals surface area contributed by atoms with E-state index in [2.05, 4.69) is 15.5 Å². The number of nitrogens with zero attached hydrogens (tertiary/aromatic N) is 4. The fourth-order valence-corrected chi connectivity index (χ4v) is 5.69. The van der Waals surface area contributed by atoms with Crippen LogP contribution in [-0.2, 0) is 16.6 Å². The second-order valence-corrected chi connectivity index (χ2v) is 10.5. The van der Waals surface area contributed by atoms with Gasteiger partial charge in [-0.05, 0) is 42.7 Å². The Kier molecular flexibility index (Phi) is 8.36. The molecule has 1 aliphatic carbocycles. The van der Waals surface area contributed by atoms with Gasteiger partial charge in [-0.3, -0.25) is 14.5 Å². The summed E-state index contributed by atoms with van der Waals surface area (Å²) in [5, 5.41) is 12.3. The maximum Gasteiger partial charge on any atom is 0.248 e. The van der Waals surface area contributed by atoms with E-state index in [9.17, 15) is 14.0 Å². The molecule has 4 aromatic rings. The largest absolute Gasteiger partial charge is 0.351 e. The number of thioether (sulfide) groups is 1. The lowest BCUT2D eigenvalue weighted by molar-refractivity contribution is -0.126. The highest BCUT2D eigenvalue weighted by Gasteiger charge is 2.34. The number of carbonyl (C=O) groups excluding carboxylic acids is 2. The first-order valence-electron chi connectivity index (χ1n) is 13.0. The number of amides is 2. The second-order valence-electron chi connectivity index (χ2n) is 9.56. The molecule has 0 radical (unpaired) electrons. The summed E-state index contributed by atoms with van der Waals surface area (Å²) in [6, 6.07) is 23.8. The van der Waals surface area contributed by atoms with E-state index in [-0.39, 0.29) is 23.6 Å². The minimum absolute atomic E-state index is 0.0121. The van der Waals surface area contributed by atoms with Crippen molar-refractivity contribution in [2.24, 2.45) is 7.05 Å². The van der Waals surface area contributed by atoms with E-state index in [0.717, 1.165) is 31.2 Å². The van der Waals surface area contributed by atoms with Crippen LogP contribution in [0.15, 0.2) is 90.1 Å². The molecule has 2 amide bonds. The molecule has 39 heavy (non-hydrogen) atoms. The summed E-state index contributed by atoms with van der Waals surface area (Å²) < 4.78 is 15.7. The number of rotatable bonds is 9. The molecule has 9 heteroatoms. The van der Waals surface area contributed by atoms with Crippen molar-refractivity contribution in [3.05, 3.63) is 96.3 Å². The normalized spacial score (nSPS) is 14.2. The molecule has 1 unspecified atom stereocenters. The van der Waals surface area contributed by atoms with Gasteiger partial charge in [0.1, 0.15) is 11.9 Å². The maximum absolute atomic E-state index is 13.9. The smallest absolute Gasteiger partial charge is 0.248 e. The average Bonchev–Trinajstić information content (AvgIpc) is 3.61. The molecular weight excluding hydrogens is 513 g/mol. The van der Waals surface area contributed by atoms with Crippen molar-refractivity contribution < 1.29 is 14.0 Å². The standard InChI is InChI=1S/C30H30FN5O2S/c1-35-28(22-12-6-3-7-13-22)33-34-30(35)39-20-26(37)36(25-18-16-23(31)17-19-25)27(21-10-4-2-5-11-21)29(38)32-24-14-8-9-15-24/h2-7,10-13,16-19,24,27H,8-9,14-15,20H2,1H3,(H,32,38). The minimum atomic E-state index is -0.912. The fourth-order valence-electron chi connectivity index (χ4n) is 4.92. The molecule has 0 spiro atoms. The summed E-state index contributed by atoms with van der Waals surface area (Å²) in [5.41, 5.74) is 2.05. The van der Waals surface area contributed by atoms with E-state index in [1.54, 1.807) is 0 Å². The van der Waals surface area contributed by atoms with Gasteiger partial charge in [0.05, 0.1) is 5.75 Å². The number of aromatic nitrogens is 3. The monoisotopic (exact) mass is 543 g/mol. The van der Waals surface area contributed by atoms with Crippen molar-refractivity contribution in [1.29, 1.82) is 0 Å². The van der Waals surface area contributed by atoms with Crippen molar-refractivity contribution in [1.82, 2.24) is 20.1 Å². The number of benzene rings is 3. The lowest BCUT2D eigenvalue weighted by Crippen LogP contribution is -2.47. The number of hydrogen-bond donors (Lipinski definition) is 1. The molecule has 0 bridgehead atoms. The third-order valence-corrected chi connectivity index (χ3v) is 7.89. The summed E-state index contributed by atoms with van der Waals surface area (Å²) >= 11 is 1.25. The van der Waals surface area contributed by atoms with Crippen LogP contribution in [0.3, 0.4) is 0 Å². The molecule has 3 aromatic carbocycles. The Balaban J connectivity index is 1.44. The predicted molar refractivity (Wildman–Crippen MR) is 151 cm³/mol. The van der Waals surface area contributed by atoms with Crippen molar-refractivity contribution in [2.75, 3.05) is 10.7 Å². The van der Waals surface area contributed by atoms with Crippen LogP contribution >= 0.6 is 11.8 Å². The highest BCUT2D eigenvalue weighted by atomic mass is 32.2. The molecule has 0 aliphatic heterocycles. The number of carbonyl (C=O) groups is 2. The fraction of sp³-hybridized carbons (Fsp3) is 0.267. The van der Waals surface area contributed by atoms with E-state index < -0.39 is 11.9 Å². The average molecular weight is 544 g/mol. The zero-order valence-electron chi connectivity index (χ0n) is 21.7. The zero-order valence-corrected chi connectivity index (χ0v) is 22.5. The Morgan fingerprint density at radius 1 is 0.974 bits per heavy atom. The van der Waals surface area contributed by atoms with Crippen LogP contribution in [0.5, 0.6) is 0 Å². The van der Waals surface area contributed by atoms with E-state index in [0.29, 0.717) is 22.2 Å². The topological polar surface area (TPSA) is 80.1 Å². The molecule has 1 heterocycles. The van der Waals surface area contributed by atoms with Crippen LogP contribution in [0.1, 0.15) is 37.3 Å². The first kappa shape index (κ1) is 26.6. The molecule has 1 N–H and O–H groups in total. The molecule has 0 saturated heterocycles. The number of nitrogens with one attached hydrogen (secondary N) is 1. The lowest BCUT2D eigenvalue weighted by atomic mass is 10.0. The molecule has 1 fully saturated rings. The van der Waals surface area contributed by atoms with Crippen LogP contribution in [0.25, 0.3) is 11.4 Å². The van der Waals surface area contributed by atoms with Crippen LogP contribution in [0.2, 0.25) is 0 Å². The molecular formula is C30H30FN5O2S. The molecule has 5 rings (SSSR count). The number of hydrogen-bond acceptors (Lipinski definition) is 5. The first-order chi connectivity index (χ1) is 19.0. The van der Waals surface area contributed by atoms with Crippen LogP contribution in [0.4, 0.5) is 10.1 Å². The van der Waals surface area contributed by atoms with Gasteiger partial charge in [0, 0.05) is 24.3 Å². The number of halogens is 1. The summed E-state index contributed by atoms with van der Waals surface area (Å²) in [6.45, 7) is 0. The van der Waals surface area contributed by atoms with Gasteiger partial charge in [0.2, 0.25) is 11.8 Å². The third-order valence-electron chi connectivity index (χ3n) is 6.89. The third kappa shape index (κ3) is 6.20. The molecule has 1 atom stereocenters. The zero-order chi connectivity index (χ0) is 27.2. The van der Waals surface area contributed by atoms with Gasteiger partial charge in [-0.15, -0.1) is 10.2 Å².